The Balaban J connectivity index is 2.25. The lowest BCUT2D eigenvalue weighted by Crippen LogP contribution is -2.06. The molecule has 1 aromatic rings. The highest BCUT2D eigenvalue weighted by Crippen LogP contribution is 2.41. The second-order valence-corrected chi connectivity index (χ2v) is 3.14. The van der Waals surface area contributed by atoms with Crippen LogP contribution in [0, 0.1) is 0 Å². The average molecular weight is 160 g/mol. The molecule has 0 saturated carbocycles. The Morgan fingerprint density at radius 3 is 2.58 bits per heavy atom. The number of hydrogen-bond donors (Lipinski definition) is 0. The topological polar surface area (TPSA) is 12.5 Å². The molecule has 1 aliphatic rings. The SMILES string of the molecule is C=CCC1(c2ccccc2)CO1. The van der Waals surface area contributed by atoms with E-state index in [9.17, 15) is 0 Å². The van der Waals surface area contributed by atoms with Gasteiger partial charge in [-0.25, -0.2) is 0 Å². The highest BCUT2D eigenvalue weighted by molar-refractivity contribution is 5.27. The van der Waals surface area contributed by atoms with E-state index in [4.69, 9.17) is 4.74 Å². The first kappa shape index (κ1) is 7.56. The first-order valence-corrected chi connectivity index (χ1v) is 4.18. The molecule has 0 bridgehead atoms. The zero-order chi connectivity index (χ0) is 8.44. The standard InChI is InChI=1S/C11H12O/c1-2-8-11(9-12-11)10-6-4-3-5-7-10/h2-7H,1,8-9H2. The first-order valence-electron chi connectivity index (χ1n) is 4.18. The van der Waals surface area contributed by atoms with Gasteiger partial charge in [-0.15, -0.1) is 6.58 Å². The fourth-order valence-corrected chi connectivity index (χ4v) is 1.46. The molecule has 12 heavy (non-hydrogen) atoms. The van der Waals surface area contributed by atoms with Crippen molar-refractivity contribution < 1.29 is 4.74 Å². The van der Waals surface area contributed by atoms with E-state index in [1.165, 1.54) is 5.56 Å². The maximum Gasteiger partial charge on any atom is 0.120 e. The number of benzene rings is 1. The summed E-state index contributed by atoms with van der Waals surface area (Å²) in [5.74, 6) is 0. The van der Waals surface area contributed by atoms with Crippen LogP contribution in [0.3, 0.4) is 0 Å². The zero-order valence-electron chi connectivity index (χ0n) is 6.99. The molecule has 1 nitrogen and oxygen atoms in total. The van der Waals surface area contributed by atoms with Crippen LogP contribution in [0.5, 0.6) is 0 Å². The van der Waals surface area contributed by atoms with Crippen molar-refractivity contribution in [2.75, 3.05) is 6.61 Å². The quantitative estimate of drug-likeness (QED) is 0.489. The predicted octanol–water partition coefficient (Wildman–Crippen LogP) is 2.49. The Bertz CT molecular complexity index is 272. The number of hydrogen-bond acceptors (Lipinski definition) is 1. The van der Waals surface area contributed by atoms with Gasteiger partial charge in [0.15, 0.2) is 0 Å². The van der Waals surface area contributed by atoms with Gasteiger partial charge in [0.05, 0.1) is 6.61 Å². The van der Waals surface area contributed by atoms with Gasteiger partial charge in [-0.3, -0.25) is 0 Å². The third-order valence-electron chi connectivity index (χ3n) is 2.27. The van der Waals surface area contributed by atoms with E-state index in [0.717, 1.165) is 13.0 Å². The molecule has 0 aromatic heterocycles. The lowest BCUT2D eigenvalue weighted by molar-refractivity contribution is 0.310. The number of epoxide rings is 1. The van der Waals surface area contributed by atoms with Crippen LogP contribution in [-0.2, 0) is 10.3 Å². The smallest absolute Gasteiger partial charge is 0.120 e. The summed E-state index contributed by atoms with van der Waals surface area (Å²) in [5.41, 5.74) is 1.24. The first-order chi connectivity index (χ1) is 5.87. The summed E-state index contributed by atoms with van der Waals surface area (Å²) in [7, 11) is 0. The Kier molecular flexibility index (Phi) is 1.74. The summed E-state index contributed by atoms with van der Waals surface area (Å²) in [6.07, 6.45) is 2.83. The highest BCUT2D eigenvalue weighted by Gasteiger charge is 2.44. The van der Waals surface area contributed by atoms with E-state index in [0.29, 0.717) is 0 Å². The van der Waals surface area contributed by atoms with Gasteiger partial charge in [-0.05, 0) is 5.56 Å². The highest BCUT2D eigenvalue weighted by atomic mass is 16.6. The Hall–Kier alpha value is -1.08. The molecular formula is C11H12O. The van der Waals surface area contributed by atoms with E-state index in [1.54, 1.807) is 0 Å². The molecule has 1 atom stereocenters. The summed E-state index contributed by atoms with van der Waals surface area (Å²) in [4.78, 5) is 0. The van der Waals surface area contributed by atoms with Gasteiger partial charge in [0.1, 0.15) is 5.60 Å². The van der Waals surface area contributed by atoms with E-state index in [1.807, 2.05) is 24.3 Å². The molecular weight excluding hydrogens is 148 g/mol. The minimum Gasteiger partial charge on any atom is -0.364 e. The second-order valence-electron chi connectivity index (χ2n) is 3.14. The van der Waals surface area contributed by atoms with Crippen LogP contribution in [0.15, 0.2) is 43.0 Å². The van der Waals surface area contributed by atoms with Crippen molar-refractivity contribution in [2.24, 2.45) is 0 Å². The van der Waals surface area contributed by atoms with Crippen molar-refractivity contribution >= 4 is 0 Å². The van der Waals surface area contributed by atoms with Crippen molar-refractivity contribution in [3.05, 3.63) is 48.6 Å². The molecule has 1 fully saturated rings. The molecule has 0 radical (unpaired) electrons. The maximum absolute atomic E-state index is 5.45. The lowest BCUT2D eigenvalue weighted by atomic mass is 9.97. The van der Waals surface area contributed by atoms with Crippen LogP contribution < -0.4 is 0 Å². The molecule has 0 aliphatic carbocycles. The summed E-state index contributed by atoms with van der Waals surface area (Å²) in [6.45, 7) is 4.57. The third kappa shape index (κ3) is 1.16. The molecule has 1 unspecified atom stereocenters. The maximum atomic E-state index is 5.45. The van der Waals surface area contributed by atoms with Crippen molar-refractivity contribution in [3.8, 4) is 0 Å². The van der Waals surface area contributed by atoms with Gasteiger partial charge in [-0.2, -0.15) is 0 Å². The molecule has 62 valence electrons. The van der Waals surface area contributed by atoms with Gasteiger partial charge in [0, 0.05) is 6.42 Å². The van der Waals surface area contributed by atoms with Crippen molar-refractivity contribution in [3.63, 3.8) is 0 Å². The van der Waals surface area contributed by atoms with Gasteiger partial charge >= 0.3 is 0 Å². The Morgan fingerprint density at radius 1 is 1.42 bits per heavy atom. The zero-order valence-corrected chi connectivity index (χ0v) is 6.99. The summed E-state index contributed by atoms with van der Waals surface area (Å²) in [6, 6.07) is 10.3. The lowest BCUT2D eigenvalue weighted by Gasteiger charge is -2.08. The Morgan fingerprint density at radius 2 is 2.08 bits per heavy atom. The molecule has 2 rings (SSSR count). The minimum atomic E-state index is -0.0248. The third-order valence-corrected chi connectivity index (χ3v) is 2.27. The molecule has 1 aromatic carbocycles. The van der Waals surface area contributed by atoms with Crippen LogP contribution in [0.4, 0.5) is 0 Å². The van der Waals surface area contributed by atoms with E-state index in [-0.39, 0.29) is 5.60 Å². The molecule has 0 N–H and O–H groups in total. The van der Waals surface area contributed by atoms with E-state index >= 15 is 0 Å². The van der Waals surface area contributed by atoms with Crippen LogP contribution in [0.1, 0.15) is 12.0 Å². The molecule has 0 amide bonds. The summed E-state index contributed by atoms with van der Waals surface area (Å²) < 4.78 is 5.45. The van der Waals surface area contributed by atoms with Crippen molar-refractivity contribution in [1.82, 2.24) is 0 Å². The van der Waals surface area contributed by atoms with Crippen molar-refractivity contribution in [1.29, 1.82) is 0 Å². The normalized spacial score (nSPS) is 26.7. The van der Waals surface area contributed by atoms with Gasteiger partial charge in [0.2, 0.25) is 0 Å². The summed E-state index contributed by atoms with van der Waals surface area (Å²) in [5, 5.41) is 0. The van der Waals surface area contributed by atoms with Gasteiger partial charge < -0.3 is 4.74 Å². The van der Waals surface area contributed by atoms with Gasteiger partial charge in [-0.1, -0.05) is 36.4 Å². The average Bonchev–Trinajstić information content (AvgIpc) is 2.88. The molecule has 1 heteroatoms. The minimum absolute atomic E-state index is 0.0248. The number of rotatable bonds is 3. The largest absolute Gasteiger partial charge is 0.364 e. The van der Waals surface area contributed by atoms with Crippen LogP contribution in [0.25, 0.3) is 0 Å². The second kappa shape index (κ2) is 2.76. The van der Waals surface area contributed by atoms with Crippen LogP contribution >= 0.6 is 0 Å². The van der Waals surface area contributed by atoms with Crippen LogP contribution in [0.2, 0.25) is 0 Å². The van der Waals surface area contributed by atoms with Crippen molar-refractivity contribution in [2.45, 2.75) is 12.0 Å². The Labute approximate surface area is 72.7 Å². The van der Waals surface area contributed by atoms with E-state index < -0.39 is 0 Å². The van der Waals surface area contributed by atoms with E-state index in [2.05, 4.69) is 18.7 Å². The van der Waals surface area contributed by atoms with Crippen LogP contribution in [-0.4, -0.2) is 6.61 Å². The number of ether oxygens (including phenoxy) is 1. The molecule has 1 heterocycles. The molecule has 1 aliphatic heterocycles. The molecule has 1 saturated heterocycles. The predicted molar refractivity (Wildman–Crippen MR) is 48.9 cm³/mol. The van der Waals surface area contributed by atoms with Gasteiger partial charge in [0.25, 0.3) is 0 Å². The monoisotopic (exact) mass is 160 g/mol. The fourth-order valence-electron chi connectivity index (χ4n) is 1.46. The summed E-state index contributed by atoms with van der Waals surface area (Å²) >= 11 is 0. The molecule has 0 spiro atoms. The fraction of sp³-hybridized carbons (Fsp3) is 0.273.